The summed E-state index contributed by atoms with van der Waals surface area (Å²) >= 11 is 0. The lowest BCUT2D eigenvalue weighted by atomic mass is 10.0. The first-order valence-corrected chi connectivity index (χ1v) is 8.08. The number of amides is 1. The smallest absolute Gasteiger partial charge is 0.290 e. The Balaban J connectivity index is 1.78. The summed E-state index contributed by atoms with van der Waals surface area (Å²) in [5.74, 6) is -0.290. The lowest BCUT2D eigenvalue weighted by Gasteiger charge is -2.09. The second-order valence-corrected chi connectivity index (χ2v) is 5.84. The van der Waals surface area contributed by atoms with Crippen molar-refractivity contribution < 1.29 is 14.2 Å². The molecule has 0 atom stereocenters. The van der Waals surface area contributed by atoms with E-state index in [-0.39, 0.29) is 18.2 Å². The van der Waals surface area contributed by atoms with Gasteiger partial charge in [-0.3, -0.25) is 9.59 Å². The molecule has 1 aromatic heterocycles. The Kier molecular flexibility index (Phi) is 5.00. The van der Waals surface area contributed by atoms with Gasteiger partial charge in [0.15, 0.2) is 18.2 Å². The van der Waals surface area contributed by atoms with Crippen molar-refractivity contribution in [3.05, 3.63) is 95.8 Å². The number of hydrogen-bond acceptors (Lipinski definition) is 2. The molecule has 0 unspecified atom stereocenters. The maximum absolute atomic E-state index is 12.7. The summed E-state index contributed by atoms with van der Waals surface area (Å²) < 4.78 is 1.80. The Bertz CT molecular complexity index is 887. The van der Waals surface area contributed by atoms with Crippen LogP contribution in [0.15, 0.2) is 79.1 Å². The highest BCUT2D eigenvalue weighted by Gasteiger charge is 2.16. The van der Waals surface area contributed by atoms with E-state index in [4.69, 9.17) is 0 Å². The first-order chi connectivity index (χ1) is 12.1. The molecule has 0 saturated heterocycles. The Morgan fingerprint density at radius 3 is 2.24 bits per heavy atom. The van der Waals surface area contributed by atoms with Gasteiger partial charge in [-0.25, -0.2) is 0 Å². The van der Waals surface area contributed by atoms with Gasteiger partial charge in [0, 0.05) is 23.3 Å². The quantitative estimate of drug-likeness (QED) is 0.577. The number of pyridine rings is 1. The molecule has 25 heavy (non-hydrogen) atoms. The minimum absolute atomic E-state index is 0.112. The molecule has 0 aliphatic carbocycles. The number of para-hydroxylation sites is 1. The van der Waals surface area contributed by atoms with Crippen molar-refractivity contribution >= 4 is 17.4 Å². The normalized spacial score (nSPS) is 10.3. The standard InChI is InChI=1S/C21H18N2O2/c1-16-11-13-23(14-12-16)15-20(24)22-19-10-6-5-9-18(19)21(25)17-7-3-2-4-8-17/h2-14H,15H2,1H3/p+1. The molecule has 0 fully saturated rings. The van der Waals surface area contributed by atoms with Crippen LogP contribution in [-0.2, 0) is 11.3 Å². The van der Waals surface area contributed by atoms with Gasteiger partial charge in [0.1, 0.15) is 0 Å². The van der Waals surface area contributed by atoms with Crippen LogP contribution in [0, 0.1) is 6.92 Å². The van der Waals surface area contributed by atoms with Crippen LogP contribution in [-0.4, -0.2) is 11.7 Å². The summed E-state index contributed by atoms with van der Waals surface area (Å²) in [5, 5.41) is 2.84. The number of rotatable bonds is 5. The maximum atomic E-state index is 12.7. The predicted molar refractivity (Wildman–Crippen MR) is 96.3 cm³/mol. The number of nitrogens with zero attached hydrogens (tertiary/aromatic N) is 1. The minimum atomic E-state index is -0.179. The molecular formula is C21H19N2O2+. The maximum Gasteiger partial charge on any atom is 0.290 e. The number of carbonyl (C=O) groups excluding carboxylic acids is 2. The second kappa shape index (κ2) is 7.53. The molecule has 0 aliphatic rings. The fraction of sp³-hybridized carbons (Fsp3) is 0.0952. The first kappa shape index (κ1) is 16.6. The van der Waals surface area contributed by atoms with Crippen LogP contribution >= 0.6 is 0 Å². The van der Waals surface area contributed by atoms with Crippen molar-refractivity contribution in [2.45, 2.75) is 13.5 Å². The minimum Gasteiger partial charge on any atom is -0.320 e. The van der Waals surface area contributed by atoms with Crippen molar-refractivity contribution in [1.29, 1.82) is 0 Å². The largest absolute Gasteiger partial charge is 0.320 e. The summed E-state index contributed by atoms with van der Waals surface area (Å²) in [6.07, 6.45) is 3.71. The fourth-order valence-electron chi connectivity index (χ4n) is 2.53. The van der Waals surface area contributed by atoms with Crippen molar-refractivity contribution in [3.63, 3.8) is 0 Å². The molecule has 1 heterocycles. The highest BCUT2D eigenvalue weighted by Crippen LogP contribution is 2.19. The molecule has 4 nitrogen and oxygen atoms in total. The van der Waals surface area contributed by atoms with Crippen molar-refractivity contribution in [2.75, 3.05) is 5.32 Å². The summed E-state index contributed by atoms with van der Waals surface area (Å²) in [7, 11) is 0. The monoisotopic (exact) mass is 331 g/mol. The van der Waals surface area contributed by atoms with Crippen LogP contribution in [0.3, 0.4) is 0 Å². The zero-order chi connectivity index (χ0) is 17.6. The topological polar surface area (TPSA) is 50.0 Å². The van der Waals surface area contributed by atoms with Crippen LogP contribution in [0.2, 0.25) is 0 Å². The summed E-state index contributed by atoms with van der Waals surface area (Å²) in [4.78, 5) is 25.0. The summed E-state index contributed by atoms with van der Waals surface area (Å²) in [6.45, 7) is 2.18. The number of nitrogens with one attached hydrogen (secondary N) is 1. The van der Waals surface area contributed by atoms with Gasteiger partial charge < -0.3 is 5.32 Å². The Morgan fingerprint density at radius 1 is 0.880 bits per heavy atom. The van der Waals surface area contributed by atoms with Gasteiger partial charge in [-0.1, -0.05) is 42.5 Å². The van der Waals surface area contributed by atoms with E-state index in [1.165, 1.54) is 0 Å². The summed E-state index contributed by atoms with van der Waals surface area (Å²) in [6, 6.07) is 20.0. The van der Waals surface area contributed by atoms with Crippen LogP contribution in [0.1, 0.15) is 21.5 Å². The van der Waals surface area contributed by atoms with Crippen molar-refractivity contribution in [1.82, 2.24) is 0 Å². The van der Waals surface area contributed by atoms with E-state index in [0.717, 1.165) is 5.56 Å². The average molecular weight is 331 g/mol. The molecule has 3 aromatic rings. The number of aryl methyl sites for hydroxylation is 1. The Hall–Kier alpha value is -3.27. The molecule has 0 aliphatic heterocycles. The van der Waals surface area contributed by atoms with E-state index in [0.29, 0.717) is 16.8 Å². The van der Waals surface area contributed by atoms with Gasteiger partial charge in [-0.15, -0.1) is 0 Å². The molecule has 124 valence electrons. The van der Waals surface area contributed by atoms with E-state index >= 15 is 0 Å². The zero-order valence-electron chi connectivity index (χ0n) is 14.0. The van der Waals surface area contributed by atoms with Crippen LogP contribution < -0.4 is 9.88 Å². The van der Waals surface area contributed by atoms with Gasteiger partial charge in [0.05, 0.1) is 5.69 Å². The average Bonchev–Trinajstić information content (AvgIpc) is 2.64. The van der Waals surface area contributed by atoms with E-state index in [2.05, 4.69) is 5.32 Å². The van der Waals surface area contributed by atoms with Crippen molar-refractivity contribution in [2.24, 2.45) is 0 Å². The number of aromatic nitrogens is 1. The molecule has 1 N–H and O–H groups in total. The molecule has 0 saturated carbocycles. The number of anilines is 1. The number of benzene rings is 2. The lowest BCUT2D eigenvalue weighted by Crippen LogP contribution is -2.39. The lowest BCUT2D eigenvalue weighted by molar-refractivity contribution is -0.684. The molecule has 2 aromatic carbocycles. The first-order valence-electron chi connectivity index (χ1n) is 8.08. The third-order valence-corrected chi connectivity index (χ3v) is 3.87. The van der Waals surface area contributed by atoms with Gasteiger partial charge in [-0.05, 0) is 24.6 Å². The molecule has 0 radical (unpaired) electrons. The molecule has 4 heteroatoms. The molecular weight excluding hydrogens is 312 g/mol. The number of ketones is 1. The van der Waals surface area contributed by atoms with Crippen LogP contribution in [0.4, 0.5) is 5.69 Å². The fourth-order valence-corrected chi connectivity index (χ4v) is 2.53. The number of carbonyl (C=O) groups is 2. The van der Waals surface area contributed by atoms with E-state index < -0.39 is 0 Å². The Morgan fingerprint density at radius 2 is 1.52 bits per heavy atom. The van der Waals surface area contributed by atoms with Gasteiger partial charge >= 0.3 is 0 Å². The van der Waals surface area contributed by atoms with Crippen LogP contribution in [0.25, 0.3) is 0 Å². The third kappa shape index (κ3) is 4.18. The molecule has 1 amide bonds. The predicted octanol–water partition coefficient (Wildman–Crippen LogP) is 3.15. The number of hydrogen-bond donors (Lipinski definition) is 1. The second-order valence-electron chi connectivity index (χ2n) is 5.84. The van der Waals surface area contributed by atoms with E-state index in [9.17, 15) is 9.59 Å². The summed E-state index contributed by atoms with van der Waals surface area (Å²) in [5.41, 5.74) is 2.73. The van der Waals surface area contributed by atoms with Gasteiger partial charge in [-0.2, -0.15) is 4.57 Å². The molecule has 0 bridgehead atoms. The Labute approximate surface area is 146 Å². The highest BCUT2D eigenvalue weighted by atomic mass is 16.2. The van der Waals surface area contributed by atoms with E-state index in [1.807, 2.05) is 49.6 Å². The highest BCUT2D eigenvalue weighted by molar-refractivity contribution is 6.13. The van der Waals surface area contributed by atoms with Gasteiger partial charge in [0.2, 0.25) is 6.54 Å². The van der Waals surface area contributed by atoms with Crippen molar-refractivity contribution in [3.8, 4) is 0 Å². The molecule has 3 rings (SSSR count). The zero-order valence-corrected chi connectivity index (χ0v) is 14.0. The van der Waals surface area contributed by atoms with Gasteiger partial charge in [0.25, 0.3) is 5.91 Å². The molecule has 0 spiro atoms. The third-order valence-electron chi connectivity index (χ3n) is 3.87. The van der Waals surface area contributed by atoms with E-state index in [1.54, 1.807) is 41.0 Å². The van der Waals surface area contributed by atoms with Crippen LogP contribution in [0.5, 0.6) is 0 Å². The SMILES string of the molecule is Cc1cc[n+](CC(=O)Nc2ccccc2C(=O)c2ccccc2)cc1.